The average Bonchev–Trinajstić information content (AvgIpc) is 1.88. The smallest absolute Gasteiger partial charge is 0.139 e. The largest absolute Gasteiger partial charge is 0.246 e. The number of halogens is 2. The van der Waals surface area contributed by atoms with Gasteiger partial charge in [0.15, 0.2) is 0 Å². The van der Waals surface area contributed by atoms with Crippen LogP contribution in [0.4, 0.5) is 8.78 Å². The molecular weight excluding hydrogens is 133 g/mol. The molecule has 1 aromatic carbocycles. The number of benzene rings is 1. The minimum absolute atomic E-state index is 0.130. The van der Waals surface area contributed by atoms with E-state index >= 15 is 0 Å². The second-order valence-electron chi connectivity index (χ2n) is 2.23. The van der Waals surface area contributed by atoms with Crippen molar-refractivity contribution in [2.45, 2.75) is 6.67 Å². The van der Waals surface area contributed by atoms with E-state index in [1.54, 1.807) is 13.9 Å². The van der Waals surface area contributed by atoms with Crippen molar-refractivity contribution in [2.24, 2.45) is 0 Å². The topological polar surface area (TPSA) is 0 Å². The zero-order chi connectivity index (χ0) is 7.56. The van der Waals surface area contributed by atoms with Crippen molar-refractivity contribution < 1.29 is 8.78 Å². The Morgan fingerprint density at radius 2 is 2.10 bits per heavy atom. The summed E-state index contributed by atoms with van der Waals surface area (Å²) in [7, 11) is 1.77. The molecule has 3 heteroatoms. The Balaban J connectivity index is 3.07. The Labute approximate surface area is 59.3 Å². The van der Waals surface area contributed by atoms with Crippen LogP contribution in [0.5, 0.6) is 0 Å². The second-order valence-corrected chi connectivity index (χ2v) is 2.23. The lowest BCUT2D eigenvalue weighted by atomic mass is 9.95. The van der Waals surface area contributed by atoms with Crippen LogP contribution in [0.1, 0.15) is 5.56 Å². The molecule has 10 heavy (non-hydrogen) atoms. The minimum atomic E-state index is -0.730. The highest BCUT2D eigenvalue weighted by Gasteiger charge is 1.99. The van der Waals surface area contributed by atoms with Crippen LogP contribution in [0.15, 0.2) is 18.2 Å². The fourth-order valence-corrected chi connectivity index (χ4v) is 0.761. The number of hydrogen-bond donors (Lipinski definition) is 0. The van der Waals surface area contributed by atoms with Gasteiger partial charge in [-0.1, -0.05) is 17.6 Å². The minimum Gasteiger partial charge on any atom is -0.246 e. The SMILES string of the molecule is Bc1ccc(CF)c(F)c1. The molecule has 1 rings (SSSR count). The average molecular weight is 140 g/mol. The third-order valence-electron chi connectivity index (χ3n) is 1.35. The Bertz CT molecular complexity index is 235. The summed E-state index contributed by atoms with van der Waals surface area (Å²) in [4.78, 5) is 0. The van der Waals surface area contributed by atoms with Gasteiger partial charge in [-0.05, 0) is 6.07 Å². The molecule has 0 spiro atoms. The van der Waals surface area contributed by atoms with Crippen molar-refractivity contribution in [1.29, 1.82) is 0 Å². The molecule has 52 valence electrons. The monoisotopic (exact) mass is 140 g/mol. The van der Waals surface area contributed by atoms with Crippen LogP contribution in [0, 0.1) is 5.82 Å². The Morgan fingerprint density at radius 1 is 1.40 bits per heavy atom. The molecule has 0 unspecified atom stereocenters. The first kappa shape index (κ1) is 7.25. The van der Waals surface area contributed by atoms with E-state index in [9.17, 15) is 8.78 Å². The van der Waals surface area contributed by atoms with Crippen molar-refractivity contribution in [1.82, 2.24) is 0 Å². The van der Waals surface area contributed by atoms with Crippen molar-refractivity contribution in [3.63, 3.8) is 0 Å². The molecule has 0 aromatic heterocycles. The standard InChI is InChI=1S/C7H7BF2/c8-6-2-1-5(4-9)7(10)3-6/h1-3H,4,8H2. The summed E-state index contributed by atoms with van der Waals surface area (Å²) >= 11 is 0. The Hall–Kier alpha value is -0.855. The van der Waals surface area contributed by atoms with Gasteiger partial charge in [0.05, 0.1) is 0 Å². The van der Waals surface area contributed by atoms with Crippen molar-refractivity contribution >= 4 is 13.3 Å². The number of hydrogen-bond acceptors (Lipinski definition) is 0. The first-order valence-corrected chi connectivity index (χ1v) is 3.05. The Kier molecular flexibility index (Phi) is 2.04. The maximum Gasteiger partial charge on any atom is 0.139 e. The lowest BCUT2D eigenvalue weighted by molar-refractivity contribution is 0.464. The van der Waals surface area contributed by atoms with Crippen LogP contribution >= 0.6 is 0 Å². The van der Waals surface area contributed by atoms with E-state index in [0.29, 0.717) is 0 Å². The summed E-state index contributed by atoms with van der Waals surface area (Å²) < 4.78 is 24.5. The maximum absolute atomic E-state index is 12.6. The molecule has 0 aliphatic heterocycles. The summed E-state index contributed by atoms with van der Waals surface area (Å²) in [6, 6.07) is 4.48. The van der Waals surface area contributed by atoms with Gasteiger partial charge in [-0.25, -0.2) is 8.78 Å². The number of rotatable bonds is 1. The van der Waals surface area contributed by atoms with Crippen LogP contribution in [-0.4, -0.2) is 7.85 Å². The van der Waals surface area contributed by atoms with Gasteiger partial charge < -0.3 is 0 Å². The fraction of sp³-hybridized carbons (Fsp3) is 0.143. The van der Waals surface area contributed by atoms with Crippen molar-refractivity contribution in [2.75, 3.05) is 0 Å². The molecule has 0 saturated carbocycles. The zero-order valence-electron chi connectivity index (χ0n) is 5.70. The molecule has 0 radical (unpaired) electrons. The third-order valence-corrected chi connectivity index (χ3v) is 1.35. The molecule has 0 bridgehead atoms. The third kappa shape index (κ3) is 1.35. The first-order valence-electron chi connectivity index (χ1n) is 3.05. The molecule has 0 nitrogen and oxygen atoms in total. The number of alkyl halides is 1. The van der Waals surface area contributed by atoms with Gasteiger partial charge >= 0.3 is 0 Å². The van der Waals surface area contributed by atoms with E-state index in [4.69, 9.17) is 0 Å². The van der Waals surface area contributed by atoms with Crippen LogP contribution in [0.2, 0.25) is 0 Å². The zero-order valence-corrected chi connectivity index (χ0v) is 5.70. The van der Waals surface area contributed by atoms with E-state index in [1.807, 2.05) is 0 Å². The molecule has 0 saturated heterocycles. The first-order chi connectivity index (χ1) is 4.74. The van der Waals surface area contributed by atoms with Gasteiger partial charge in [0, 0.05) is 5.56 Å². The maximum atomic E-state index is 12.6. The van der Waals surface area contributed by atoms with Crippen LogP contribution in [0.25, 0.3) is 0 Å². The second kappa shape index (κ2) is 2.82. The summed E-state index contributed by atoms with van der Waals surface area (Å²) in [5, 5.41) is 0. The molecule has 0 atom stereocenters. The molecule has 1 aromatic rings. The van der Waals surface area contributed by atoms with Gasteiger partial charge in [-0.15, -0.1) is 0 Å². The van der Waals surface area contributed by atoms with E-state index < -0.39 is 12.5 Å². The molecule has 0 aliphatic rings. The van der Waals surface area contributed by atoms with E-state index in [1.165, 1.54) is 12.1 Å². The Morgan fingerprint density at radius 3 is 2.60 bits per heavy atom. The highest BCUT2D eigenvalue weighted by molar-refractivity contribution is 6.32. The van der Waals surface area contributed by atoms with Crippen LogP contribution < -0.4 is 5.46 Å². The van der Waals surface area contributed by atoms with Crippen LogP contribution in [0.3, 0.4) is 0 Å². The molecule has 0 aliphatic carbocycles. The quantitative estimate of drug-likeness (QED) is 0.499. The van der Waals surface area contributed by atoms with Gasteiger partial charge in [0.2, 0.25) is 0 Å². The lowest BCUT2D eigenvalue weighted by Crippen LogP contribution is -2.03. The summed E-state index contributed by atoms with van der Waals surface area (Å²) in [6.45, 7) is -0.730. The van der Waals surface area contributed by atoms with E-state index in [-0.39, 0.29) is 5.56 Å². The highest BCUT2D eigenvalue weighted by atomic mass is 19.1. The van der Waals surface area contributed by atoms with Gasteiger partial charge in [0.1, 0.15) is 20.3 Å². The van der Waals surface area contributed by atoms with Crippen molar-refractivity contribution in [3.8, 4) is 0 Å². The van der Waals surface area contributed by atoms with Gasteiger partial charge in [-0.3, -0.25) is 0 Å². The normalized spacial score (nSPS) is 9.80. The molecule has 0 N–H and O–H groups in total. The summed E-state index contributed by atoms with van der Waals surface area (Å²) in [5.74, 6) is -0.456. The van der Waals surface area contributed by atoms with E-state index in [2.05, 4.69) is 0 Å². The van der Waals surface area contributed by atoms with Crippen LogP contribution in [-0.2, 0) is 6.67 Å². The molecule has 0 amide bonds. The summed E-state index contributed by atoms with van der Waals surface area (Å²) in [5.41, 5.74) is 0.945. The van der Waals surface area contributed by atoms with Gasteiger partial charge in [-0.2, -0.15) is 0 Å². The molecule has 0 heterocycles. The lowest BCUT2D eigenvalue weighted by Gasteiger charge is -1.97. The molecular formula is C7H7BF2. The fourth-order valence-electron chi connectivity index (χ4n) is 0.761. The predicted molar refractivity (Wildman–Crippen MR) is 39.4 cm³/mol. The highest BCUT2D eigenvalue weighted by Crippen LogP contribution is 2.05. The summed E-state index contributed by atoms with van der Waals surface area (Å²) in [6.07, 6.45) is 0. The molecule has 0 fully saturated rings. The predicted octanol–water partition coefficient (Wildman–Crippen LogP) is 0.554. The van der Waals surface area contributed by atoms with E-state index in [0.717, 1.165) is 5.46 Å². The van der Waals surface area contributed by atoms with Crippen molar-refractivity contribution in [3.05, 3.63) is 29.6 Å². The van der Waals surface area contributed by atoms with Gasteiger partial charge in [0.25, 0.3) is 0 Å².